The van der Waals surface area contributed by atoms with Crippen LogP contribution < -0.4 is 14.8 Å². The lowest BCUT2D eigenvalue weighted by Crippen LogP contribution is -2.13. The number of ether oxygens (including phenoxy) is 2. The molecule has 1 N–H and O–H groups in total. The second-order valence-electron chi connectivity index (χ2n) is 6.32. The molecule has 7 heteroatoms. The smallest absolute Gasteiger partial charge is 0.343 e. The number of esters is 1. The van der Waals surface area contributed by atoms with Crippen LogP contribution in [-0.2, 0) is 4.79 Å². The molecule has 0 atom stereocenters. The Morgan fingerprint density at radius 2 is 1.74 bits per heavy atom. The lowest BCUT2D eigenvalue weighted by atomic mass is 10.1. The number of amides is 1. The van der Waals surface area contributed by atoms with Crippen molar-refractivity contribution >= 4 is 46.2 Å². The number of anilines is 1. The summed E-state index contributed by atoms with van der Waals surface area (Å²) in [6.07, 6.45) is 1.44. The lowest BCUT2D eigenvalue weighted by Gasteiger charge is -2.07. The number of hydrogen-bond acceptors (Lipinski definition) is 5. The molecule has 3 aromatic carbocycles. The summed E-state index contributed by atoms with van der Waals surface area (Å²) in [5.41, 5.74) is 1.45. The van der Waals surface area contributed by atoms with E-state index < -0.39 is 11.9 Å². The van der Waals surface area contributed by atoms with Crippen molar-refractivity contribution in [2.45, 2.75) is 0 Å². The molecule has 154 valence electrons. The van der Waals surface area contributed by atoms with Crippen molar-refractivity contribution in [2.75, 3.05) is 12.4 Å². The van der Waals surface area contributed by atoms with Crippen LogP contribution in [0.4, 0.5) is 5.69 Å². The Balaban J connectivity index is 1.74. The van der Waals surface area contributed by atoms with Gasteiger partial charge in [0.25, 0.3) is 5.91 Å². The van der Waals surface area contributed by atoms with Crippen LogP contribution in [0.1, 0.15) is 15.9 Å². The van der Waals surface area contributed by atoms with Crippen LogP contribution >= 0.6 is 22.6 Å². The molecule has 1 amide bonds. The molecule has 0 spiro atoms. The number of nitrogens with one attached hydrogen (secondary N) is 1. The second kappa shape index (κ2) is 10.4. The predicted molar refractivity (Wildman–Crippen MR) is 126 cm³/mol. The molecule has 0 aliphatic carbocycles. The van der Waals surface area contributed by atoms with E-state index in [0.29, 0.717) is 28.3 Å². The van der Waals surface area contributed by atoms with E-state index in [1.807, 2.05) is 18.2 Å². The van der Waals surface area contributed by atoms with Crippen molar-refractivity contribution in [1.29, 1.82) is 5.26 Å². The molecule has 0 saturated carbocycles. The minimum absolute atomic E-state index is 0.0718. The first kappa shape index (κ1) is 22.1. The molecule has 0 radical (unpaired) electrons. The van der Waals surface area contributed by atoms with Gasteiger partial charge in [0.05, 0.1) is 12.7 Å². The minimum atomic E-state index is -0.527. The molecule has 3 rings (SSSR count). The van der Waals surface area contributed by atoms with Crippen LogP contribution in [0.3, 0.4) is 0 Å². The molecule has 3 aromatic rings. The molecule has 0 aliphatic rings. The van der Waals surface area contributed by atoms with Crippen molar-refractivity contribution in [2.24, 2.45) is 0 Å². The highest BCUT2D eigenvalue weighted by Gasteiger charge is 2.12. The Hall–Kier alpha value is -3.64. The molecule has 31 heavy (non-hydrogen) atoms. The van der Waals surface area contributed by atoms with Gasteiger partial charge < -0.3 is 14.8 Å². The fraction of sp³-hybridized carbons (Fsp3) is 0.0417. The zero-order valence-corrected chi connectivity index (χ0v) is 18.6. The molecule has 0 unspecified atom stereocenters. The zero-order valence-electron chi connectivity index (χ0n) is 16.5. The van der Waals surface area contributed by atoms with Crippen LogP contribution in [0.15, 0.2) is 78.4 Å². The predicted octanol–water partition coefficient (Wildman–Crippen LogP) is 5.06. The number of nitrogens with zero attached hydrogens (tertiary/aromatic N) is 1. The summed E-state index contributed by atoms with van der Waals surface area (Å²) in [5, 5.41) is 12.1. The van der Waals surface area contributed by atoms with Gasteiger partial charge in [-0.2, -0.15) is 5.26 Å². The average molecular weight is 524 g/mol. The van der Waals surface area contributed by atoms with E-state index in [1.54, 1.807) is 67.8 Å². The maximum Gasteiger partial charge on any atom is 0.343 e. The van der Waals surface area contributed by atoms with Gasteiger partial charge in [0.15, 0.2) is 0 Å². The van der Waals surface area contributed by atoms with Crippen molar-refractivity contribution < 1.29 is 19.1 Å². The molecule has 0 saturated heterocycles. The Morgan fingerprint density at radius 1 is 1.00 bits per heavy atom. The zero-order chi connectivity index (χ0) is 22.2. The Labute approximate surface area is 193 Å². The molecule has 0 aromatic heterocycles. The fourth-order valence-corrected chi connectivity index (χ4v) is 3.18. The molecule has 0 fully saturated rings. The molecular formula is C24H17IN2O4. The van der Waals surface area contributed by atoms with E-state index in [1.165, 1.54) is 6.08 Å². The first-order valence-electron chi connectivity index (χ1n) is 9.13. The van der Waals surface area contributed by atoms with Gasteiger partial charge in [-0.05, 0) is 88.8 Å². The number of carbonyl (C=O) groups excluding carboxylic acids is 2. The van der Waals surface area contributed by atoms with Crippen molar-refractivity contribution in [1.82, 2.24) is 0 Å². The van der Waals surface area contributed by atoms with Gasteiger partial charge in [-0.15, -0.1) is 0 Å². The van der Waals surface area contributed by atoms with Crippen molar-refractivity contribution in [3.8, 4) is 17.6 Å². The summed E-state index contributed by atoms with van der Waals surface area (Å²) in [6.45, 7) is 0. The highest BCUT2D eigenvalue weighted by Crippen LogP contribution is 2.19. The number of hydrogen-bond donors (Lipinski definition) is 1. The molecule has 6 nitrogen and oxygen atoms in total. The first-order valence-corrected chi connectivity index (χ1v) is 10.2. The summed E-state index contributed by atoms with van der Waals surface area (Å²) < 4.78 is 11.4. The minimum Gasteiger partial charge on any atom is -0.497 e. The van der Waals surface area contributed by atoms with Gasteiger partial charge in [0.1, 0.15) is 23.1 Å². The highest BCUT2D eigenvalue weighted by molar-refractivity contribution is 14.1. The Morgan fingerprint density at radius 3 is 2.42 bits per heavy atom. The molecule has 0 bridgehead atoms. The quantitative estimate of drug-likeness (QED) is 0.160. The van der Waals surface area contributed by atoms with E-state index in [2.05, 4.69) is 27.9 Å². The van der Waals surface area contributed by atoms with Gasteiger partial charge in [-0.3, -0.25) is 4.79 Å². The number of halogens is 1. The summed E-state index contributed by atoms with van der Waals surface area (Å²) in [7, 11) is 1.54. The standard InChI is InChI=1S/C24H17IN2O4/c1-30-21-10-8-17(9-11-21)24(29)31-22-7-2-4-16(13-22)12-18(15-26)23(28)27-20-6-3-5-19(25)14-20/h2-14H,1H3,(H,27,28)/b18-12+. The van der Waals surface area contributed by atoms with E-state index >= 15 is 0 Å². The number of benzene rings is 3. The molecule has 0 aliphatic heterocycles. The number of rotatable bonds is 6. The van der Waals surface area contributed by atoms with E-state index in [9.17, 15) is 14.9 Å². The van der Waals surface area contributed by atoms with Gasteiger partial charge in [-0.25, -0.2) is 4.79 Å². The van der Waals surface area contributed by atoms with Gasteiger partial charge >= 0.3 is 5.97 Å². The molecular weight excluding hydrogens is 507 g/mol. The fourth-order valence-electron chi connectivity index (χ4n) is 2.64. The number of methoxy groups -OCH3 is 1. The Kier molecular flexibility index (Phi) is 7.40. The van der Waals surface area contributed by atoms with Crippen LogP contribution in [-0.4, -0.2) is 19.0 Å². The van der Waals surface area contributed by atoms with Gasteiger partial charge in [0, 0.05) is 9.26 Å². The van der Waals surface area contributed by atoms with E-state index in [-0.39, 0.29) is 5.57 Å². The van der Waals surface area contributed by atoms with Crippen LogP contribution in [0.25, 0.3) is 6.08 Å². The van der Waals surface area contributed by atoms with Crippen LogP contribution in [0.2, 0.25) is 0 Å². The summed E-state index contributed by atoms with van der Waals surface area (Å²) >= 11 is 2.14. The molecule has 0 heterocycles. The summed E-state index contributed by atoms with van der Waals surface area (Å²) in [4.78, 5) is 24.8. The third kappa shape index (κ3) is 6.17. The van der Waals surface area contributed by atoms with Gasteiger partial charge in [0.2, 0.25) is 0 Å². The third-order valence-electron chi connectivity index (χ3n) is 4.15. The lowest BCUT2D eigenvalue weighted by molar-refractivity contribution is -0.112. The number of nitriles is 1. The van der Waals surface area contributed by atoms with Crippen LogP contribution in [0, 0.1) is 14.9 Å². The topological polar surface area (TPSA) is 88.4 Å². The SMILES string of the molecule is COc1ccc(C(=O)Oc2cccc(/C=C(\C#N)C(=O)Nc3cccc(I)c3)c2)cc1. The average Bonchev–Trinajstić information content (AvgIpc) is 2.77. The third-order valence-corrected chi connectivity index (χ3v) is 4.82. The summed E-state index contributed by atoms with van der Waals surface area (Å²) in [6, 6.07) is 22.3. The van der Waals surface area contributed by atoms with Crippen molar-refractivity contribution in [3.63, 3.8) is 0 Å². The largest absolute Gasteiger partial charge is 0.497 e. The van der Waals surface area contributed by atoms with Crippen molar-refractivity contribution in [3.05, 3.63) is 93.1 Å². The van der Waals surface area contributed by atoms with E-state index in [0.717, 1.165) is 3.57 Å². The summed E-state index contributed by atoms with van der Waals surface area (Å²) in [5.74, 6) is -0.119. The van der Waals surface area contributed by atoms with Crippen LogP contribution in [0.5, 0.6) is 11.5 Å². The van der Waals surface area contributed by atoms with Gasteiger partial charge in [-0.1, -0.05) is 18.2 Å². The number of carbonyl (C=O) groups is 2. The normalized spacial score (nSPS) is 10.7. The highest BCUT2D eigenvalue weighted by atomic mass is 127. The Bertz CT molecular complexity index is 1180. The maximum atomic E-state index is 12.5. The first-order chi connectivity index (χ1) is 15.0. The second-order valence-corrected chi connectivity index (χ2v) is 7.57. The monoisotopic (exact) mass is 524 g/mol. The van der Waals surface area contributed by atoms with E-state index in [4.69, 9.17) is 9.47 Å². The maximum absolute atomic E-state index is 12.5.